The van der Waals surface area contributed by atoms with E-state index in [4.69, 9.17) is 25.8 Å². The lowest BCUT2D eigenvalue weighted by Gasteiger charge is -2.15. The zero-order valence-corrected chi connectivity index (χ0v) is 15.8. The smallest absolute Gasteiger partial charge is 0.240 e. The fourth-order valence-electron chi connectivity index (χ4n) is 2.20. The molecule has 1 N–H and O–H groups in total. The molecule has 6 nitrogen and oxygen atoms in total. The number of benzene rings is 2. The molecule has 2 aromatic carbocycles. The molecule has 0 spiro atoms. The first-order valence-corrected chi connectivity index (χ1v) is 9.40. The van der Waals surface area contributed by atoms with Crippen molar-refractivity contribution >= 4 is 21.6 Å². The molecular weight excluding hydrogens is 366 g/mol. The Kier molecular flexibility index (Phi) is 6.52. The molecule has 0 fully saturated rings. The Morgan fingerprint density at radius 1 is 1.04 bits per heavy atom. The number of rotatable bonds is 8. The molecule has 0 aliphatic rings. The summed E-state index contributed by atoms with van der Waals surface area (Å²) in [6.45, 7) is 2.38. The first kappa shape index (κ1) is 19.4. The summed E-state index contributed by atoms with van der Waals surface area (Å²) in [7, 11) is -0.631. The summed E-state index contributed by atoms with van der Waals surface area (Å²) in [5.74, 6) is 1.43. The maximum Gasteiger partial charge on any atom is 0.240 e. The zero-order chi connectivity index (χ0) is 18.4. The summed E-state index contributed by atoms with van der Waals surface area (Å²) in [4.78, 5) is 0.141. The molecule has 0 saturated carbocycles. The van der Waals surface area contributed by atoms with E-state index in [1.165, 1.54) is 38.5 Å². The summed E-state index contributed by atoms with van der Waals surface area (Å²) in [5.41, 5.74) is 0.676. The van der Waals surface area contributed by atoms with Crippen LogP contribution in [0, 0.1) is 0 Å². The lowest BCUT2D eigenvalue weighted by atomic mass is 10.2. The van der Waals surface area contributed by atoms with Gasteiger partial charge in [-0.3, -0.25) is 0 Å². The predicted molar refractivity (Wildman–Crippen MR) is 96.2 cm³/mol. The SMILES string of the molecule is CCOc1c(OC)cc(CNS(=O)(=O)c2ccc(Cl)cc2)cc1OC. The maximum absolute atomic E-state index is 12.4. The number of methoxy groups -OCH3 is 2. The summed E-state index contributed by atoms with van der Waals surface area (Å²) in [6.07, 6.45) is 0. The Balaban J connectivity index is 2.23. The van der Waals surface area contributed by atoms with E-state index in [1.807, 2.05) is 6.92 Å². The van der Waals surface area contributed by atoms with Crippen LogP contribution in [0.25, 0.3) is 0 Å². The van der Waals surface area contributed by atoms with E-state index in [-0.39, 0.29) is 11.4 Å². The van der Waals surface area contributed by atoms with Crippen LogP contribution < -0.4 is 18.9 Å². The van der Waals surface area contributed by atoms with Gasteiger partial charge in [0.25, 0.3) is 0 Å². The van der Waals surface area contributed by atoms with Gasteiger partial charge in [0, 0.05) is 11.6 Å². The normalized spacial score (nSPS) is 11.2. The Bertz CT molecular complexity index is 796. The van der Waals surface area contributed by atoms with E-state index < -0.39 is 10.0 Å². The molecule has 0 aromatic heterocycles. The molecule has 0 aliphatic carbocycles. The second-order valence-corrected chi connectivity index (χ2v) is 7.24. The van der Waals surface area contributed by atoms with E-state index in [2.05, 4.69) is 4.72 Å². The van der Waals surface area contributed by atoms with Crippen LogP contribution in [0.2, 0.25) is 5.02 Å². The minimum absolute atomic E-state index is 0.0735. The van der Waals surface area contributed by atoms with Crippen molar-refractivity contribution in [2.24, 2.45) is 0 Å². The number of nitrogens with one attached hydrogen (secondary N) is 1. The van der Waals surface area contributed by atoms with Gasteiger partial charge in [-0.05, 0) is 48.9 Å². The van der Waals surface area contributed by atoms with Gasteiger partial charge in [0.2, 0.25) is 15.8 Å². The first-order valence-electron chi connectivity index (χ1n) is 7.54. The van der Waals surface area contributed by atoms with Crippen LogP contribution in [0.5, 0.6) is 17.2 Å². The highest BCUT2D eigenvalue weighted by atomic mass is 35.5. The van der Waals surface area contributed by atoms with Crippen LogP contribution in [0.1, 0.15) is 12.5 Å². The van der Waals surface area contributed by atoms with Gasteiger partial charge in [-0.2, -0.15) is 0 Å². The Morgan fingerprint density at radius 2 is 1.60 bits per heavy atom. The molecular formula is C17H20ClNO5S. The van der Waals surface area contributed by atoms with E-state index >= 15 is 0 Å². The number of hydrogen-bond acceptors (Lipinski definition) is 5. The van der Waals surface area contributed by atoms with Crippen molar-refractivity contribution in [3.63, 3.8) is 0 Å². The van der Waals surface area contributed by atoms with E-state index in [0.29, 0.717) is 34.4 Å². The lowest BCUT2D eigenvalue weighted by Crippen LogP contribution is -2.23. The summed E-state index contributed by atoms with van der Waals surface area (Å²) < 4.78 is 43.4. The molecule has 2 aromatic rings. The van der Waals surface area contributed by atoms with Crippen molar-refractivity contribution in [2.75, 3.05) is 20.8 Å². The van der Waals surface area contributed by atoms with Gasteiger partial charge in [-0.1, -0.05) is 11.6 Å². The van der Waals surface area contributed by atoms with Crippen LogP contribution in [0.15, 0.2) is 41.3 Å². The van der Waals surface area contributed by atoms with Crippen molar-refractivity contribution in [2.45, 2.75) is 18.4 Å². The molecule has 0 unspecified atom stereocenters. The van der Waals surface area contributed by atoms with Crippen LogP contribution in [-0.4, -0.2) is 29.2 Å². The van der Waals surface area contributed by atoms with Crippen molar-refractivity contribution < 1.29 is 22.6 Å². The van der Waals surface area contributed by atoms with Crippen molar-refractivity contribution in [1.82, 2.24) is 4.72 Å². The summed E-state index contributed by atoms with van der Waals surface area (Å²) in [6, 6.07) is 9.36. The predicted octanol–water partition coefficient (Wildman–Crippen LogP) is 3.23. The molecule has 8 heteroatoms. The van der Waals surface area contributed by atoms with Gasteiger partial charge in [0.15, 0.2) is 11.5 Å². The van der Waals surface area contributed by atoms with Crippen LogP contribution in [0.3, 0.4) is 0 Å². The van der Waals surface area contributed by atoms with Gasteiger partial charge < -0.3 is 14.2 Å². The molecule has 0 bridgehead atoms. The molecule has 0 radical (unpaired) electrons. The molecule has 0 atom stereocenters. The average Bonchev–Trinajstić information content (AvgIpc) is 2.61. The fraction of sp³-hybridized carbons (Fsp3) is 0.294. The quantitative estimate of drug-likeness (QED) is 0.755. The minimum Gasteiger partial charge on any atom is -0.493 e. The molecule has 25 heavy (non-hydrogen) atoms. The zero-order valence-electron chi connectivity index (χ0n) is 14.2. The topological polar surface area (TPSA) is 73.9 Å². The number of hydrogen-bond donors (Lipinski definition) is 1. The van der Waals surface area contributed by atoms with E-state index in [9.17, 15) is 8.42 Å². The fourth-order valence-corrected chi connectivity index (χ4v) is 3.34. The molecule has 2 rings (SSSR count). The molecule has 0 aliphatic heterocycles. The van der Waals surface area contributed by atoms with Gasteiger partial charge >= 0.3 is 0 Å². The van der Waals surface area contributed by atoms with Crippen molar-refractivity contribution in [3.8, 4) is 17.2 Å². The highest BCUT2D eigenvalue weighted by Gasteiger charge is 2.17. The van der Waals surface area contributed by atoms with Gasteiger partial charge in [-0.15, -0.1) is 0 Å². The number of sulfonamides is 1. The monoisotopic (exact) mass is 385 g/mol. The highest BCUT2D eigenvalue weighted by Crippen LogP contribution is 2.38. The number of halogens is 1. The van der Waals surface area contributed by atoms with Crippen molar-refractivity contribution in [1.29, 1.82) is 0 Å². The molecule has 0 saturated heterocycles. The first-order chi connectivity index (χ1) is 11.9. The third-order valence-corrected chi connectivity index (χ3v) is 5.07. The van der Waals surface area contributed by atoms with Crippen molar-refractivity contribution in [3.05, 3.63) is 47.0 Å². The summed E-state index contributed by atoms with van der Waals surface area (Å²) >= 11 is 5.79. The van der Waals surface area contributed by atoms with E-state index in [0.717, 1.165) is 0 Å². The van der Waals surface area contributed by atoms with E-state index in [1.54, 1.807) is 12.1 Å². The van der Waals surface area contributed by atoms with Crippen LogP contribution >= 0.6 is 11.6 Å². The molecule has 0 amide bonds. The van der Waals surface area contributed by atoms with Gasteiger partial charge in [0.1, 0.15) is 0 Å². The Morgan fingerprint density at radius 3 is 2.08 bits per heavy atom. The Hall–Kier alpha value is -1.96. The lowest BCUT2D eigenvalue weighted by molar-refractivity contribution is 0.288. The van der Waals surface area contributed by atoms with Gasteiger partial charge in [0.05, 0.1) is 25.7 Å². The third-order valence-electron chi connectivity index (χ3n) is 3.40. The highest BCUT2D eigenvalue weighted by molar-refractivity contribution is 7.89. The van der Waals surface area contributed by atoms with Crippen LogP contribution in [-0.2, 0) is 16.6 Å². The molecule has 136 valence electrons. The van der Waals surface area contributed by atoms with Gasteiger partial charge in [-0.25, -0.2) is 13.1 Å². The second-order valence-electron chi connectivity index (χ2n) is 5.04. The Labute approximate surface area is 152 Å². The molecule has 0 heterocycles. The minimum atomic E-state index is -3.66. The van der Waals surface area contributed by atoms with Crippen LogP contribution in [0.4, 0.5) is 0 Å². The summed E-state index contributed by atoms with van der Waals surface area (Å²) in [5, 5.41) is 0.472. The largest absolute Gasteiger partial charge is 0.493 e. The maximum atomic E-state index is 12.4. The average molecular weight is 386 g/mol. The standard InChI is InChI=1S/C17H20ClNO5S/c1-4-24-17-15(22-2)9-12(10-16(17)23-3)11-19-25(20,21)14-7-5-13(18)6-8-14/h5-10,19H,4,11H2,1-3H3. The third kappa shape index (κ3) is 4.78. The number of ether oxygens (including phenoxy) is 3. The second kappa shape index (κ2) is 8.42.